The number of thiophene rings is 1. The van der Waals surface area contributed by atoms with Gasteiger partial charge in [-0.25, -0.2) is 4.79 Å². The van der Waals surface area contributed by atoms with Crippen LogP contribution >= 0.6 is 68.7 Å². The molecule has 0 saturated heterocycles. The van der Waals surface area contributed by atoms with Crippen molar-refractivity contribution in [3.05, 3.63) is 55.7 Å². The number of alkyl halides is 2. The summed E-state index contributed by atoms with van der Waals surface area (Å²) in [5.74, 6) is 0.195. The van der Waals surface area contributed by atoms with Crippen molar-refractivity contribution < 1.29 is 14.6 Å². The van der Waals surface area contributed by atoms with E-state index in [4.69, 9.17) is 39.5 Å². The molecule has 1 heterocycles. The van der Waals surface area contributed by atoms with Crippen molar-refractivity contribution in [3.63, 3.8) is 0 Å². The third kappa shape index (κ3) is 7.47. The highest BCUT2D eigenvalue weighted by molar-refractivity contribution is 14.1. The molecule has 1 aliphatic rings. The van der Waals surface area contributed by atoms with Crippen LogP contribution in [0.15, 0.2) is 30.3 Å². The Bertz CT molecular complexity index is 886. The zero-order valence-electron chi connectivity index (χ0n) is 17.9. The number of aryl methyl sites for hydroxylation is 2. The highest BCUT2D eigenvalue weighted by Gasteiger charge is 2.40. The van der Waals surface area contributed by atoms with E-state index in [1.807, 2.05) is 31.2 Å². The molecular weight excluding hydrogens is 602 g/mol. The minimum atomic E-state index is -0.375. The standard InChI is InChI=1S/C24H28Cl3IO3S/c1-14(13-28)31-24(30)23-8-6-18(32-23)3-2-4-19-20(22(29)12-21(19)27)7-5-15-9-16(25)11-17(26)10-15/h6,8-11,14,19-22,29H,2-5,7,12-13H2,1H3. The average molecular weight is 630 g/mol. The largest absolute Gasteiger partial charge is 0.458 e. The van der Waals surface area contributed by atoms with Gasteiger partial charge in [0.05, 0.1) is 6.10 Å². The molecule has 5 atom stereocenters. The predicted octanol–water partition coefficient (Wildman–Crippen LogP) is 7.60. The van der Waals surface area contributed by atoms with Crippen molar-refractivity contribution in [1.82, 2.24) is 0 Å². The Hall–Kier alpha value is -0.0500. The molecule has 3 rings (SSSR count). The highest BCUT2D eigenvalue weighted by Crippen LogP contribution is 2.42. The normalized spacial score (nSPS) is 23.9. The molecule has 0 bridgehead atoms. The Balaban J connectivity index is 1.52. The summed E-state index contributed by atoms with van der Waals surface area (Å²) in [6.07, 6.45) is 4.67. The molecule has 1 aromatic carbocycles. The van der Waals surface area contributed by atoms with Gasteiger partial charge in [0.15, 0.2) is 0 Å². The Morgan fingerprint density at radius 1 is 1.19 bits per heavy atom. The molecule has 0 spiro atoms. The molecule has 1 N–H and O–H groups in total. The molecule has 1 saturated carbocycles. The predicted molar refractivity (Wildman–Crippen MR) is 143 cm³/mol. The van der Waals surface area contributed by atoms with E-state index in [2.05, 4.69) is 22.6 Å². The summed E-state index contributed by atoms with van der Waals surface area (Å²) >= 11 is 22.6. The zero-order chi connectivity index (χ0) is 23.3. The second kappa shape index (κ2) is 12.6. The lowest BCUT2D eigenvalue weighted by Crippen LogP contribution is -2.21. The number of esters is 1. The van der Waals surface area contributed by atoms with Crippen LogP contribution in [0.3, 0.4) is 0 Å². The summed E-state index contributed by atoms with van der Waals surface area (Å²) in [7, 11) is 0. The number of ether oxygens (including phenoxy) is 1. The van der Waals surface area contributed by atoms with E-state index in [-0.39, 0.29) is 35.4 Å². The second-order valence-corrected chi connectivity index (χ2v) is 12.0. The summed E-state index contributed by atoms with van der Waals surface area (Å²) in [4.78, 5) is 14.0. The van der Waals surface area contributed by atoms with Crippen LogP contribution in [-0.4, -0.2) is 33.1 Å². The molecule has 1 fully saturated rings. The summed E-state index contributed by atoms with van der Waals surface area (Å²) in [5.41, 5.74) is 1.08. The first-order valence-electron chi connectivity index (χ1n) is 10.9. The smallest absolute Gasteiger partial charge is 0.348 e. The fourth-order valence-corrected chi connectivity index (χ4v) is 6.61. The number of benzene rings is 1. The number of aliphatic hydroxyl groups is 1. The number of rotatable bonds is 10. The van der Waals surface area contributed by atoms with Crippen molar-refractivity contribution >= 4 is 74.7 Å². The van der Waals surface area contributed by atoms with Gasteiger partial charge in [0.1, 0.15) is 11.0 Å². The van der Waals surface area contributed by atoms with E-state index in [0.29, 0.717) is 21.3 Å². The lowest BCUT2D eigenvalue weighted by atomic mass is 9.85. The van der Waals surface area contributed by atoms with Crippen LogP contribution in [0.5, 0.6) is 0 Å². The maximum Gasteiger partial charge on any atom is 0.348 e. The van der Waals surface area contributed by atoms with Crippen LogP contribution < -0.4 is 0 Å². The van der Waals surface area contributed by atoms with Gasteiger partial charge in [-0.3, -0.25) is 0 Å². The van der Waals surface area contributed by atoms with Crippen molar-refractivity contribution in [1.29, 1.82) is 0 Å². The monoisotopic (exact) mass is 628 g/mol. The lowest BCUT2D eigenvalue weighted by Gasteiger charge is -2.23. The van der Waals surface area contributed by atoms with E-state index < -0.39 is 0 Å². The molecule has 32 heavy (non-hydrogen) atoms. The second-order valence-electron chi connectivity index (χ2n) is 8.49. The van der Waals surface area contributed by atoms with Gasteiger partial charge in [-0.1, -0.05) is 45.8 Å². The fourth-order valence-electron chi connectivity index (χ4n) is 4.43. The maximum atomic E-state index is 12.2. The molecule has 0 aliphatic heterocycles. The Morgan fingerprint density at radius 2 is 1.91 bits per heavy atom. The number of halogens is 4. The van der Waals surface area contributed by atoms with Gasteiger partial charge in [-0.2, -0.15) is 0 Å². The quantitative estimate of drug-likeness (QED) is 0.167. The number of carbonyl (C=O) groups excluding carboxylic acids is 1. The van der Waals surface area contributed by atoms with Crippen molar-refractivity contribution in [3.8, 4) is 0 Å². The zero-order valence-corrected chi connectivity index (χ0v) is 23.1. The van der Waals surface area contributed by atoms with E-state index in [0.717, 1.165) is 42.1 Å². The molecule has 0 amide bonds. The first-order chi connectivity index (χ1) is 15.3. The SMILES string of the molecule is CC(CI)OC(=O)c1ccc(CCCC2C(Cl)CC(O)C2CCc2cc(Cl)cc(Cl)c2)s1. The maximum absolute atomic E-state index is 12.2. The van der Waals surface area contributed by atoms with Crippen molar-refractivity contribution in [2.45, 2.75) is 63.0 Å². The number of hydrogen-bond donors (Lipinski definition) is 1. The molecular formula is C24H28Cl3IO3S. The van der Waals surface area contributed by atoms with E-state index >= 15 is 0 Å². The molecule has 1 aromatic heterocycles. The number of carbonyl (C=O) groups is 1. The van der Waals surface area contributed by atoms with Crippen LogP contribution in [0.4, 0.5) is 0 Å². The van der Waals surface area contributed by atoms with Crippen LogP contribution in [-0.2, 0) is 17.6 Å². The van der Waals surface area contributed by atoms with Gasteiger partial charge in [-0.15, -0.1) is 22.9 Å². The van der Waals surface area contributed by atoms with Crippen molar-refractivity contribution in [2.24, 2.45) is 11.8 Å². The minimum Gasteiger partial charge on any atom is -0.458 e. The lowest BCUT2D eigenvalue weighted by molar-refractivity contribution is 0.0397. The van der Waals surface area contributed by atoms with Gasteiger partial charge in [0, 0.05) is 24.7 Å². The number of hydrogen-bond acceptors (Lipinski definition) is 4. The third-order valence-corrected chi connectivity index (χ3v) is 9.32. The molecule has 8 heteroatoms. The molecule has 1 aliphatic carbocycles. The molecule has 176 valence electrons. The third-order valence-electron chi connectivity index (χ3n) is 6.01. The van der Waals surface area contributed by atoms with Crippen LogP contribution in [0.25, 0.3) is 0 Å². The Kier molecular flexibility index (Phi) is 10.5. The highest BCUT2D eigenvalue weighted by atomic mass is 127. The minimum absolute atomic E-state index is 0.0124. The molecule has 5 unspecified atom stereocenters. The Morgan fingerprint density at radius 3 is 2.59 bits per heavy atom. The van der Waals surface area contributed by atoms with Crippen LogP contribution in [0, 0.1) is 11.8 Å². The summed E-state index contributed by atoms with van der Waals surface area (Å²) in [5, 5.41) is 11.9. The van der Waals surface area contributed by atoms with Gasteiger partial charge in [0.25, 0.3) is 0 Å². The summed E-state index contributed by atoms with van der Waals surface area (Å²) in [6.45, 7) is 1.90. The van der Waals surface area contributed by atoms with Crippen molar-refractivity contribution in [2.75, 3.05) is 4.43 Å². The summed E-state index contributed by atoms with van der Waals surface area (Å²) < 4.78 is 6.18. The van der Waals surface area contributed by atoms with Crippen LogP contribution in [0.1, 0.15) is 52.7 Å². The van der Waals surface area contributed by atoms with E-state index in [1.165, 1.54) is 16.2 Å². The number of aliphatic hydroxyl groups excluding tert-OH is 1. The van der Waals surface area contributed by atoms with E-state index in [9.17, 15) is 9.90 Å². The molecule has 2 aromatic rings. The van der Waals surface area contributed by atoms with Gasteiger partial charge in [-0.05, 0) is 93.2 Å². The van der Waals surface area contributed by atoms with Gasteiger partial charge < -0.3 is 9.84 Å². The Labute approximate surface area is 222 Å². The van der Waals surface area contributed by atoms with E-state index in [1.54, 1.807) is 6.07 Å². The fraction of sp³-hybridized carbons (Fsp3) is 0.542. The molecule has 3 nitrogen and oxygen atoms in total. The van der Waals surface area contributed by atoms with Gasteiger partial charge >= 0.3 is 5.97 Å². The van der Waals surface area contributed by atoms with Gasteiger partial charge in [0.2, 0.25) is 0 Å². The summed E-state index contributed by atoms with van der Waals surface area (Å²) in [6, 6.07) is 9.46. The molecule has 0 radical (unpaired) electrons. The first kappa shape index (κ1) is 26.6. The topological polar surface area (TPSA) is 46.5 Å². The first-order valence-corrected chi connectivity index (χ1v) is 14.4. The average Bonchev–Trinajstić information content (AvgIpc) is 3.30. The van der Waals surface area contributed by atoms with Crippen LogP contribution in [0.2, 0.25) is 10.0 Å².